The average Bonchev–Trinajstić information content (AvgIpc) is 2.47. The standard InChI is InChI=1S/C15H10Cl2.C2H6/c1-9-6-7-12-13(8-9)15(17)11-5-3-2-4-10(11)14(12)16;1-2/h2-8H,1H3;1-2H3. The van der Waals surface area contributed by atoms with Crippen molar-refractivity contribution in [2.45, 2.75) is 20.8 Å². The minimum atomic E-state index is 0.778. The van der Waals surface area contributed by atoms with Crippen molar-refractivity contribution in [3.63, 3.8) is 0 Å². The predicted molar refractivity (Wildman–Crippen MR) is 87.6 cm³/mol. The molecule has 0 fully saturated rings. The Morgan fingerprint density at radius 2 is 1.16 bits per heavy atom. The van der Waals surface area contributed by atoms with E-state index in [9.17, 15) is 0 Å². The van der Waals surface area contributed by atoms with E-state index in [1.807, 2.05) is 44.2 Å². The summed E-state index contributed by atoms with van der Waals surface area (Å²) in [4.78, 5) is 0. The average molecular weight is 291 g/mol. The minimum absolute atomic E-state index is 0.778. The number of aryl methyl sites for hydroxylation is 1. The van der Waals surface area contributed by atoms with Gasteiger partial charge in [-0.15, -0.1) is 0 Å². The van der Waals surface area contributed by atoms with Gasteiger partial charge in [0.1, 0.15) is 0 Å². The first-order valence-corrected chi connectivity index (χ1v) is 7.20. The molecule has 0 unspecified atom stereocenters. The zero-order valence-corrected chi connectivity index (χ0v) is 12.8. The summed E-state index contributed by atoms with van der Waals surface area (Å²) in [7, 11) is 0. The Bertz CT molecular complexity index is 730. The predicted octanol–water partition coefficient (Wildman–Crippen LogP) is 6.63. The van der Waals surface area contributed by atoms with Crippen LogP contribution in [-0.2, 0) is 0 Å². The highest BCUT2D eigenvalue weighted by Crippen LogP contribution is 2.38. The molecule has 0 aliphatic carbocycles. The molecule has 0 spiro atoms. The van der Waals surface area contributed by atoms with E-state index in [4.69, 9.17) is 23.2 Å². The fourth-order valence-corrected chi connectivity index (χ4v) is 2.84. The Labute approximate surface area is 124 Å². The van der Waals surface area contributed by atoms with Gasteiger partial charge in [0.15, 0.2) is 0 Å². The van der Waals surface area contributed by atoms with Crippen molar-refractivity contribution in [2.75, 3.05) is 0 Å². The van der Waals surface area contributed by atoms with Crippen LogP contribution in [-0.4, -0.2) is 0 Å². The molecule has 3 aromatic rings. The van der Waals surface area contributed by atoms with Crippen LogP contribution in [0.3, 0.4) is 0 Å². The first-order valence-electron chi connectivity index (χ1n) is 6.44. The second-order valence-corrected chi connectivity index (χ2v) is 4.98. The van der Waals surface area contributed by atoms with E-state index in [1.54, 1.807) is 0 Å². The summed E-state index contributed by atoms with van der Waals surface area (Å²) >= 11 is 12.9. The molecule has 0 N–H and O–H groups in total. The third-order valence-electron chi connectivity index (χ3n) is 3.05. The van der Waals surface area contributed by atoms with Crippen LogP contribution in [0.15, 0.2) is 42.5 Å². The topological polar surface area (TPSA) is 0 Å². The van der Waals surface area contributed by atoms with Gasteiger partial charge in [0.2, 0.25) is 0 Å². The summed E-state index contributed by atoms with van der Waals surface area (Å²) in [5.74, 6) is 0. The number of rotatable bonds is 0. The van der Waals surface area contributed by atoms with Gasteiger partial charge in [-0.3, -0.25) is 0 Å². The van der Waals surface area contributed by atoms with Crippen molar-refractivity contribution in [1.29, 1.82) is 0 Å². The van der Waals surface area contributed by atoms with Crippen LogP contribution >= 0.6 is 23.2 Å². The zero-order valence-electron chi connectivity index (χ0n) is 11.3. The molecule has 0 bridgehead atoms. The van der Waals surface area contributed by atoms with Crippen LogP contribution in [0.2, 0.25) is 10.0 Å². The van der Waals surface area contributed by atoms with Gasteiger partial charge in [-0.1, -0.05) is 79.0 Å². The van der Waals surface area contributed by atoms with Crippen LogP contribution in [0.1, 0.15) is 19.4 Å². The molecular weight excluding hydrogens is 275 g/mol. The molecule has 0 aromatic heterocycles. The second kappa shape index (κ2) is 5.81. The Balaban J connectivity index is 0.000000637. The highest BCUT2D eigenvalue weighted by Gasteiger charge is 2.10. The summed E-state index contributed by atoms with van der Waals surface area (Å²) in [5, 5.41) is 5.62. The van der Waals surface area contributed by atoms with E-state index in [0.29, 0.717) is 0 Å². The van der Waals surface area contributed by atoms with Gasteiger partial charge >= 0.3 is 0 Å². The molecule has 0 amide bonds. The van der Waals surface area contributed by atoms with Gasteiger partial charge in [0.25, 0.3) is 0 Å². The molecule has 0 saturated carbocycles. The third kappa shape index (κ3) is 2.43. The molecule has 0 atom stereocenters. The number of halogens is 2. The van der Waals surface area contributed by atoms with E-state index in [2.05, 4.69) is 19.1 Å². The fourth-order valence-electron chi connectivity index (χ4n) is 2.19. The van der Waals surface area contributed by atoms with E-state index < -0.39 is 0 Å². The lowest BCUT2D eigenvalue weighted by molar-refractivity contribution is 1.50. The second-order valence-electron chi connectivity index (χ2n) is 4.22. The number of hydrogen-bond donors (Lipinski definition) is 0. The van der Waals surface area contributed by atoms with Crippen molar-refractivity contribution in [2.24, 2.45) is 0 Å². The van der Waals surface area contributed by atoms with Gasteiger partial charge in [0.05, 0.1) is 10.0 Å². The monoisotopic (exact) mass is 290 g/mol. The van der Waals surface area contributed by atoms with Crippen molar-refractivity contribution < 1.29 is 0 Å². The lowest BCUT2D eigenvalue weighted by Gasteiger charge is -2.09. The highest BCUT2D eigenvalue weighted by atomic mass is 35.5. The molecule has 3 rings (SSSR count). The van der Waals surface area contributed by atoms with Crippen molar-refractivity contribution in [3.05, 3.63) is 58.1 Å². The van der Waals surface area contributed by atoms with Crippen LogP contribution in [0, 0.1) is 6.92 Å². The van der Waals surface area contributed by atoms with Gasteiger partial charge in [0, 0.05) is 21.5 Å². The maximum absolute atomic E-state index is 6.46. The van der Waals surface area contributed by atoms with Crippen LogP contribution < -0.4 is 0 Å². The van der Waals surface area contributed by atoms with Crippen molar-refractivity contribution >= 4 is 44.7 Å². The van der Waals surface area contributed by atoms with Gasteiger partial charge < -0.3 is 0 Å². The molecule has 0 aliphatic rings. The Hall–Kier alpha value is -1.24. The SMILES string of the molecule is CC.Cc1ccc2c(Cl)c3ccccc3c(Cl)c2c1. The van der Waals surface area contributed by atoms with E-state index in [1.165, 1.54) is 5.56 Å². The van der Waals surface area contributed by atoms with Gasteiger partial charge in [-0.2, -0.15) is 0 Å². The van der Waals surface area contributed by atoms with E-state index in [-0.39, 0.29) is 0 Å². The zero-order chi connectivity index (χ0) is 14.0. The number of hydrogen-bond acceptors (Lipinski definition) is 0. The molecule has 0 nitrogen and oxygen atoms in total. The molecule has 0 aliphatic heterocycles. The lowest BCUT2D eigenvalue weighted by Crippen LogP contribution is -1.83. The lowest BCUT2D eigenvalue weighted by atomic mass is 10.0. The minimum Gasteiger partial charge on any atom is -0.0830 e. The van der Waals surface area contributed by atoms with E-state index in [0.717, 1.165) is 31.6 Å². The molecule has 0 heterocycles. The van der Waals surface area contributed by atoms with Gasteiger partial charge in [-0.25, -0.2) is 0 Å². The molecule has 3 aromatic carbocycles. The Kier molecular flexibility index (Phi) is 4.34. The molecule has 2 heteroatoms. The van der Waals surface area contributed by atoms with Crippen LogP contribution in [0.4, 0.5) is 0 Å². The molecular formula is C17H16Cl2. The largest absolute Gasteiger partial charge is 0.0830 e. The maximum atomic E-state index is 6.46. The first kappa shape index (κ1) is 14.2. The Morgan fingerprint density at radius 1 is 0.684 bits per heavy atom. The smallest absolute Gasteiger partial charge is 0.0563 e. The number of fused-ring (bicyclic) bond motifs is 2. The first-order chi connectivity index (χ1) is 9.18. The van der Waals surface area contributed by atoms with Crippen LogP contribution in [0.5, 0.6) is 0 Å². The Morgan fingerprint density at radius 3 is 1.74 bits per heavy atom. The van der Waals surface area contributed by atoms with Crippen LogP contribution in [0.25, 0.3) is 21.5 Å². The number of benzene rings is 3. The summed E-state index contributed by atoms with van der Waals surface area (Å²) < 4.78 is 0. The summed E-state index contributed by atoms with van der Waals surface area (Å²) in [5.41, 5.74) is 1.19. The summed E-state index contributed by atoms with van der Waals surface area (Å²) in [6, 6.07) is 14.1. The summed E-state index contributed by atoms with van der Waals surface area (Å²) in [6.07, 6.45) is 0. The molecule has 19 heavy (non-hydrogen) atoms. The van der Waals surface area contributed by atoms with Gasteiger partial charge in [-0.05, 0) is 13.0 Å². The van der Waals surface area contributed by atoms with Crippen molar-refractivity contribution in [1.82, 2.24) is 0 Å². The maximum Gasteiger partial charge on any atom is 0.0563 e. The summed E-state index contributed by atoms with van der Waals surface area (Å²) in [6.45, 7) is 6.05. The molecule has 98 valence electrons. The quantitative estimate of drug-likeness (QED) is 0.407. The van der Waals surface area contributed by atoms with E-state index >= 15 is 0 Å². The molecule has 0 saturated heterocycles. The molecule has 0 radical (unpaired) electrons. The fraction of sp³-hybridized carbons (Fsp3) is 0.176. The highest BCUT2D eigenvalue weighted by molar-refractivity contribution is 6.47. The van der Waals surface area contributed by atoms with Crippen molar-refractivity contribution in [3.8, 4) is 0 Å². The third-order valence-corrected chi connectivity index (χ3v) is 3.86. The normalized spacial score (nSPS) is 10.4.